The lowest BCUT2D eigenvalue weighted by Crippen LogP contribution is -2.45. The molecule has 0 radical (unpaired) electrons. The van der Waals surface area contributed by atoms with Gasteiger partial charge in [-0.25, -0.2) is 4.79 Å². The highest BCUT2D eigenvalue weighted by atomic mass is 28.3. The number of nitrogens with one attached hydrogen (secondary N) is 1. The van der Waals surface area contributed by atoms with Gasteiger partial charge in [-0.1, -0.05) is 26.8 Å². The molecule has 0 aliphatic rings. The normalized spacial score (nSPS) is 13.4. The first-order valence-corrected chi connectivity index (χ1v) is 12.0. The highest BCUT2D eigenvalue weighted by molar-refractivity contribution is 6.49. The Morgan fingerprint density at radius 2 is 1.74 bits per heavy atom. The molecule has 0 heterocycles. The van der Waals surface area contributed by atoms with Crippen LogP contribution in [0, 0.1) is 0 Å². The lowest BCUT2D eigenvalue weighted by molar-refractivity contribution is -0.0113. The smallest absolute Gasteiger partial charge is 0.405 e. The van der Waals surface area contributed by atoms with Crippen LogP contribution >= 0.6 is 0 Å². The van der Waals surface area contributed by atoms with E-state index in [1.807, 2.05) is 46.0 Å². The van der Waals surface area contributed by atoms with E-state index in [9.17, 15) is 9.59 Å². The maximum atomic E-state index is 13.1. The summed E-state index contributed by atoms with van der Waals surface area (Å²) in [6.07, 6.45) is -1.27. The second-order valence-electron chi connectivity index (χ2n) is 8.92. The van der Waals surface area contributed by atoms with Gasteiger partial charge in [0, 0.05) is 0 Å². The van der Waals surface area contributed by atoms with Crippen molar-refractivity contribution in [3.8, 4) is 5.75 Å². The summed E-state index contributed by atoms with van der Waals surface area (Å²) in [5.74, 6) is 0.161. The van der Waals surface area contributed by atoms with E-state index in [1.54, 1.807) is 6.07 Å². The summed E-state index contributed by atoms with van der Waals surface area (Å²) in [4.78, 5) is 24.3. The van der Waals surface area contributed by atoms with E-state index in [4.69, 9.17) is 14.3 Å². The molecule has 2 N–H and O–H groups in total. The zero-order valence-corrected chi connectivity index (χ0v) is 18.8. The van der Waals surface area contributed by atoms with Crippen molar-refractivity contribution in [1.29, 1.82) is 0 Å². The van der Waals surface area contributed by atoms with Crippen LogP contribution in [0.4, 0.5) is 4.79 Å². The first-order chi connectivity index (χ1) is 12.2. The van der Waals surface area contributed by atoms with Crippen molar-refractivity contribution in [2.24, 2.45) is 0 Å². The topological polar surface area (TPSA) is 84.9 Å². The van der Waals surface area contributed by atoms with Crippen LogP contribution in [0.15, 0.2) is 18.2 Å². The predicted molar refractivity (Wildman–Crippen MR) is 110 cm³/mol. The van der Waals surface area contributed by atoms with Gasteiger partial charge in [-0.05, 0) is 57.0 Å². The van der Waals surface area contributed by atoms with Gasteiger partial charge in [-0.3, -0.25) is 4.79 Å². The zero-order chi connectivity index (χ0) is 21.0. The minimum absolute atomic E-state index is 0.0474. The molecule has 1 rings (SSSR count). The van der Waals surface area contributed by atoms with Gasteiger partial charge >= 0.3 is 6.09 Å². The van der Waals surface area contributed by atoms with Crippen LogP contribution < -0.4 is 9.74 Å². The number of ether oxygens (including phenoxy) is 1. The van der Waals surface area contributed by atoms with Gasteiger partial charge < -0.3 is 19.6 Å². The zero-order valence-electron chi connectivity index (χ0n) is 17.7. The Morgan fingerprint density at radius 3 is 2.19 bits per heavy atom. The molecule has 0 fully saturated rings. The van der Waals surface area contributed by atoms with Gasteiger partial charge in [-0.15, -0.1) is 0 Å². The van der Waals surface area contributed by atoms with E-state index in [0.717, 1.165) is 5.56 Å². The van der Waals surface area contributed by atoms with Crippen molar-refractivity contribution in [3.63, 3.8) is 0 Å². The highest BCUT2D eigenvalue weighted by Crippen LogP contribution is 2.30. The molecule has 0 aliphatic carbocycles. The van der Waals surface area contributed by atoms with Crippen molar-refractivity contribution in [2.45, 2.75) is 71.7 Å². The quantitative estimate of drug-likeness (QED) is 0.539. The lowest BCUT2D eigenvalue weighted by atomic mass is 9.86. The molecule has 1 aromatic rings. The van der Waals surface area contributed by atoms with Crippen LogP contribution in [0.25, 0.3) is 0 Å². The second-order valence-corrected chi connectivity index (χ2v) is 11.3. The van der Waals surface area contributed by atoms with Crippen molar-refractivity contribution in [2.75, 3.05) is 6.61 Å². The summed E-state index contributed by atoms with van der Waals surface area (Å²) < 4.78 is 11.7. The summed E-state index contributed by atoms with van der Waals surface area (Å²) in [5, 5.41) is 11.4. The fourth-order valence-electron chi connectivity index (χ4n) is 2.40. The molecule has 0 saturated carbocycles. The predicted octanol–water partition coefficient (Wildman–Crippen LogP) is 3.98. The number of Topliss-reactive ketones (excluding diaryl/α,β-unsaturated/α-hetero) is 1. The molecule has 7 heteroatoms. The van der Waals surface area contributed by atoms with E-state index >= 15 is 0 Å². The van der Waals surface area contributed by atoms with E-state index in [1.165, 1.54) is 0 Å². The van der Waals surface area contributed by atoms with Crippen LogP contribution in [0.3, 0.4) is 0 Å². The van der Waals surface area contributed by atoms with Gasteiger partial charge in [0.1, 0.15) is 11.8 Å². The van der Waals surface area contributed by atoms with E-state index in [-0.39, 0.29) is 17.8 Å². The Balaban J connectivity index is 3.27. The molecule has 1 aromatic carbocycles. The molecule has 0 aliphatic heterocycles. The maximum absolute atomic E-state index is 13.1. The summed E-state index contributed by atoms with van der Waals surface area (Å²) in [6.45, 7) is 15.8. The molecule has 6 nitrogen and oxygen atoms in total. The molecule has 152 valence electrons. The second kappa shape index (κ2) is 8.88. The van der Waals surface area contributed by atoms with Gasteiger partial charge in [0.25, 0.3) is 0 Å². The Morgan fingerprint density at radius 1 is 1.15 bits per heavy atom. The summed E-state index contributed by atoms with van der Waals surface area (Å²) >= 11 is 0. The van der Waals surface area contributed by atoms with Gasteiger partial charge in [0.2, 0.25) is 9.04 Å². The third-order valence-electron chi connectivity index (χ3n) is 3.77. The number of hydrogen-bond acceptors (Lipinski definition) is 4. The number of rotatable bonds is 7. The number of hydrogen-bond donors (Lipinski definition) is 2. The monoisotopic (exact) mass is 395 g/mol. The Labute approximate surface area is 164 Å². The average molecular weight is 396 g/mol. The molecule has 0 spiro atoms. The van der Waals surface area contributed by atoms with Crippen molar-refractivity contribution < 1.29 is 23.9 Å². The molecule has 1 atom stereocenters. The van der Waals surface area contributed by atoms with Gasteiger partial charge in [0.05, 0.1) is 17.8 Å². The first kappa shape index (κ1) is 23.2. The first-order valence-electron chi connectivity index (χ1n) is 9.19. The van der Waals surface area contributed by atoms with Crippen molar-refractivity contribution in [3.05, 3.63) is 29.3 Å². The minimum Gasteiger partial charge on any atom is -0.546 e. The third kappa shape index (κ3) is 7.72. The van der Waals surface area contributed by atoms with Crippen LogP contribution in [-0.4, -0.2) is 44.3 Å². The average Bonchev–Trinajstić information content (AvgIpc) is 2.48. The number of carbonyl (C=O) groups is 2. The number of carboxylic acid groups (broad SMARTS) is 1. The molecule has 0 bridgehead atoms. The number of benzene rings is 1. The Hall–Kier alpha value is -1.86. The number of amides is 1. The van der Waals surface area contributed by atoms with Crippen molar-refractivity contribution in [1.82, 2.24) is 5.32 Å². The van der Waals surface area contributed by atoms with Gasteiger partial charge in [-0.2, -0.15) is 0 Å². The summed E-state index contributed by atoms with van der Waals surface area (Å²) in [6, 6.07) is 4.51. The number of ketones is 1. The third-order valence-corrected chi connectivity index (χ3v) is 4.50. The van der Waals surface area contributed by atoms with Crippen LogP contribution in [-0.2, 0) is 10.2 Å². The fourth-order valence-corrected chi connectivity index (χ4v) is 3.10. The van der Waals surface area contributed by atoms with Crippen molar-refractivity contribution >= 4 is 20.9 Å². The van der Waals surface area contributed by atoms with E-state index in [0.29, 0.717) is 11.3 Å². The molecule has 0 aromatic heterocycles. The summed E-state index contributed by atoms with van der Waals surface area (Å²) in [5.41, 5.74) is 0.850. The molecule has 0 unspecified atom stereocenters. The van der Waals surface area contributed by atoms with E-state index < -0.39 is 26.8 Å². The molecular weight excluding hydrogens is 362 g/mol. The SMILES string of the molecule is C[SiH](C)Oc1cc(C(C)(C)C)ccc1C(=O)[C@H](COC(C)(C)C)NC(=O)O. The van der Waals surface area contributed by atoms with Crippen LogP contribution in [0.5, 0.6) is 5.75 Å². The largest absolute Gasteiger partial charge is 0.546 e. The molecule has 1 amide bonds. The molecular formula is C20H33NO5Si. The highest BCUT2D eigenvalue weighted by Gasteiger charge is 2.28. The standard InChI is InChI=1S/C20H33NO5Si/c1-19(2,3)13-9-10-14(16(11-13)26-27(7)8)17(22)15(21-18(23)24)12-25-20(4,5)6/h9-11,15,21,27H,12H2,1-8H3,(H,23,24)/t15-/m0/s1. The maximum Gasteiger partial charge on any atom is 0.405 e. The fraction of sp³-hybridized carbons (Fsp3) is 0.600. The molecule has 0 saturated heterocycles. The Bertz CT molecular complexity index is 674. The minimum atomic E-state index is -1.46. The molecule has 27 heavy (non-hydrogen) atoms. The lowest BCUT2D eigenvalue weighted by Gasteiger charge is -2.26. The van der Waals surface area contributed by atoms with Gasteiger partial charge in [0.15, 0.2) is 5.78 Å². The Kier molecular flexibility index (Phi) is 7.63. The summed E-state index contributed by atoms with van der Waals surface area (Å²) in [7, 11) is -1.46. The van der Waals surface area contributed by atoms with E-state index in [2.05, 4.69) is 26.1 Å². The van der Waals surface area contributed by atoms with Crippen LogP contribution in [0.2, 0.25) is 13.1 Å². The number of carbonyl (C=O) groups excluding carboxylic acids is 1. The van der Waals surface area contributed by atoms with Crippen LogP contribution in [0.1, 0.15) is 57.5 Å².